The van der Waals surface area contributed by atoms with Gasteiger partial charge in [0.25, 0.3) is 0 Å². The van der Waals surface area contributed by atoms with Gasteiger partial charge in [-0.2, -0.15) is 0 Å². The first-order valence-electron chi connectivity index (χ1n) is 5.86. The maximum Gasteiger partial charge on any atom is 0.139 e. The predicted molar refractivity (Wildman–Crippen MR) is 62.9 cm³/mol. The molecule has 4 heterocycles. The van der Waals surface area contributed by atoms with Gasteiger partial charge >= 0.3 is 0 Å². The molecule has 86 valence electrons. The first-order valence-corrected chi connectivity index (χ1v) is 5.86. The highest BCUT2D eigenvalue weighted by molar-refractivity contribution is 5.50. The lowest BCUT2D eigenvalue weighted by molar-refractivity contribution is 0.290. The van der Waals surface area contributed by atoms with Crippen LogP contribution in [0, 0.1) is 0 Å². The van der Waals surface area contributed by atoms with E-state index in [4.69, 9.17) is 4.74 Å². The molecule has 1 aromatic heterocycles. The van der Waals surface area contributed by atoms with Crippen molar-refractivity contribution in [2.75, 3.05) is 25.1 Å². The van der Waals surface area contributed by atoms with Gasteiger partial charge in [0.05, 0.1) is 25.2 Å². The van der Waals surface area contributed by atoms with Crippen molar-refractivity contribution in [2.24, 2.45) is 0 Å². The van der Waals surface area contributed by atoms with Gasteiger partial charge in [-0.05, 0) is 12.8 Å². The number of ether oxygens (including phenoxy) is 1. The third-order valence-electron chi connectivity index (χ3n) is 3.61. The molecule has 3 aliphatic rings. The summed E-state index contributed by atoms with van der Waals surface area (Å²) in [6.45, 7) is 2.20. The van der Waals surface area contributed by atoms with Crippen LogP contribution in [0.5, 0.6) is 5.75 Å². The van der Waals surface area contributed by atoms with Gasteiger partial charge in [-0.3, -0.25) is 4.98 Å². The second kappa shape index (κ2) is 3.94. The number of piperidine rings is 2. The summed E-state index contributed by atoms with van der Waals surface area (Å²) in [4.78, 5) is 6.69. The molecule has 0 radical (unpaired) electrons. The van der Waals surface area contributed by atoms with E-state index >= 15 is 0 Å². The Hall–Kier alpha value is -1.29. The summed E-state index contributed by atoms with van der Waals surface area (Å²) in [6.07, 6.45) is 6.28. The minimum Gasteiger partial charge on any atom is -0.495 e. The molecule has 3 fully saturated rings. The van der Waals surface area contributed by atoms with E-state index in [-0.39, 0.29) is 0 Å². The van der Waals surface area contributed by atoms with Crippen molar-refractivity contribution in [3.8, 4) is 5.75 Å². The number of pyridine rings is 1. The lowest BCUT2D eigenvalue weighted by Gasteiger charge is -2.47. The fourth-order valence-corrected chi connectivity index (χ4v) is 2.70. The van der Waals surface area contributed by atoms with Gasteiger partial charge in [0.1, 0.15) is 5.75 Å². The van der Waals surface area contributed by atoms with E-state index in [2.05, 4.69) is 21.3 Å². The van der Waals surface area contributed by atoms with E-state index in [1.165, 1.54) is 18.5 Å². The summed E-state index contributed by atoms with van der Waals surface area (Å²) >= 11 is 0. The number of hydrogen-bond donors (Lipinski definition) is 1. The molecule has 0 saturated carbocycles. The summed E-state index contributed by atoms with van der Waals surface area (Å²) in [6, 6.07) is 3.35. The Morgan fingerprint density at radius 2 is 2.38 bits per heavy atom. The van der Waals surface area contributed by atoms with Crippen LogP contribution < -0.4 is 15.0 Å². The minimum atomic E-state index is 0.624. The lowest BCUT2D eigenvalue weighted by atomic mass is 9.93. The standard InChI is InChI=1S/C12H17N3O/c1-16-12-4-11(5-13-7-12)15-8-9-2-3-10(15)6-14-9/h4-5,7,9-10,14H,2-3,6,8H2,1H3/t9-,10-/m0/s1. The molecule has 2 atom stereocenters. The molecule has 0 aromatic carbocycles. The first-order chi connectivity index (χ1) is 7.86. The minimum absolute atomic E-state index is 0.624. The second-order valence-corrected chi connectivity index (χ2v) is 4.57. The molecule has 0 unspecified atom stereocenters. The van der Waals surface area contributed by atoms with E-state index in [1.807, 2.05) is 6.20 Å². The predicted octanol–water partition coefficient (Wildman–Crippen LogP) is 1.03. The monoisotopic (exact) mass is 219 g/mol. The number of methoxy groups -OCH3 is 1. The molecular weight excluding hydrogens is 202 g/mol. The molecule has 3 saturated heterocycles. The quantitative estimate of drug-likeness (QED) is 0.806. The first kappa shape index (κ1) is 9.90. The van der Waals surface area contributed by atoms with E-state index in [1.54, 1.807) is 13.3 Å². The number of fused-ring (bicyclic) bond motifs is 3. The summed E-state index contributed by atoms with van der Waals surface area (Å²) in [5.74, 6) is 0.840. The fraction of sp³-hybridized carbons (Fsp3) is 0.583. The van der Waals surface area contributed by atoms with Gasteiger partial charge in [0, 0.05) is 31.2 Å². The number of anilines is 1. The molecular formula is C12H17N3O. The molecule has 4 rings (SSSR count). The van der Waals surface area contributed by atoms with Crippen molar-refractivity contribution < 1.29 is 4.74 Å². The Labute approximate surface area is 95.6 Å². The summed E-state index contributed by atoms with van der Waals surface area (Å²) < 4.78 is 5.22. The summed E-state index contributed by atoms with van der Waals surface area (Å²) in [5.41, 5.74) is 1.19. The largest absolute Gasteiger partial charge is 0.495 e. The molecule has 0 aliphatic carbocycles. The van der Waals surface area contributed by atoms with Crippen LogP contribution in [0.1, 0.15) is 12.8 Å². The molecule has 2 bridgehead atoms. The molecule has 0 spiro atoms. The van der Waals surface area contributed by atoms with Crippen LogP contribution in [0.15, 0.2) is 18.5 Å². The third-order valence-corrected chi connectivity index (χ3v) is 3.61. The maximum atomic E-state index is 5.22. The van der Waals surface area contributed by atoms with Crippen LogP contribution in [0.25, 0.3) is 0 Å². The number of piperazine rings is 1. The van der Waals surface area contributed by atoms with Crippen LogP contribution in [-0.4, -0.2) is 37.3 Å². The number of nitrogens with zero attached hydrogens (tertiary/aromatic N) is 2. The number of hydrogen-bond acceptors (Lipinski definition) is 4. The fourth-order valence-electron chi connectivity index (χ4n) is 2.70. The Bertz CT molecular complexity index is 374. The van der Waals surface area contributed by atoms with E-state index < -0.39 is 0 Å². The summed E-state index contributed by atoms with van der Waals surface area (Å²) in [5, 5.41) is 3.55. The third kappa shape index (κ3) is 1.63. The van der Waals surface area contributed by atoms with Crippen LogP contribution in [0.4, 0.5) is 5.69 Å². The van der Waals surface area contributed by atoms with Crippen molar-refractivity contribution >= 4 is 5.69 Å². The Morgan fingerprint density at radius 3 is 3.00 bits per heavy atom. The van der Waals surface area contributed by atoms with Gasteiger partial charge in [0.2, 0.25) is 0 Å². The van der Waals surface area contributed by atoms with Gasteiger partial charge in [-0.1, -0.05) is 0 Å². The molecule has 0 amide bonds. The molecule has 4 nitrogen and oxygen atoms in total. The Morgan fingerprint density at radius 1 is 1.44 bits per heavy atom. The Balaban J connectivity index is 1.86. The topological polar surface area (TPSA) is 37.4 Å². The SMILES string of the molecule is COc1cncc(N2C[C@@H]3CC[C@H]2CN3)c1. The highest BCUT2D eigenvalue weighted by Crippen LogP contribution is 2.29. The normalized spacial score (nSPS) is 28.2. The van der Waals surface area contributed by atoms with Crippen molar-refractivity contribution in [1.29, 1.82) is 0 Å². The molecule has 1 aromatic rings. The maximum absolute atomic E-state index is 5.22. The van der Waals surface area contributed by atoms with Crippen LogP contribution in [0.2, 0.25) is 0 Å². The van der Waals surface area contributed by atoms with Gasteiger partial charge in [0.15, 0.2) is 0 Å². The van der Waals surface area contributed by atoms with Gasteiger partial charge < -0.3 is 15.0 Å². The lowest BCUT2D eigenvalue weighted by Crippen LogP contribution is -2.61. The molecule has 3 aliphatic heterocycles. The average Bonchev–Trinajstić information content (AvgIpc) is 2.40. The van der Waals surface area contributed by atoms with Crippen LogP contribution in [0.3, 0.4) is 0 Å². The van der Waals surface area contributed by atoms with E-state index in [0.717, 1.165) is 18.8 Å². The van der Waals surface area contributed by atoms with Gasteiger partial charge in [-0.25, -0.2) is 0 Å². The van der Waals surface area contributed by atoms with E-state index in [0.29, 0.717) is 12.1 Å². The average molecular weight is 219 g/mol. The van der Waals surface area contributed by atoms with E-state index in [9.17, 15) is 0 Å². The van der Waals surface area contributed by atoms with Crippen LogP contribution in [-0.2, 0) is 0 Å². The zero-order valence-corrected chi connectivity index (χ0v) is 9.52. The Kier molecular flexibility index (Phi) is 2.44. The molecule has 4 heteroatoms. The molecule has 16 heavy (non-hydrogen) atoms. The highest BCUT2D eigenvalue weighted by atomic mass is 16.5. The zero-order valence-electron chi connectivity index (χ0n) is 9.52. The van der Waals surface area contributed by atoms with Crippen molar-refractivity contribution in [1.82, 2.24) is 10.3 Å². The second-order valence-electron chi connectivity index (χ2n) is 4.57. The smallest absolute Gasteiger partial charge is 0.139 e. The molecule has 1 N–H and O–H groups in total. The summed E-state index contributed by atoms with van der Waals surface area (Å²) in [7, 11) is 1.69. The van der Waals surface area contributed by atoms with Crippen molar-refractivity contribution in [2.45, 2.75) is 24.9 Å². The highest BCUT2D eigenvalue weighted by Gasteiger charge is 2.33. The van der Waals surface area contributed by atoms with Crippen molar-refractivity contribution in [3.63, 3.8) is 0 Å². The van der Waals surface area contributed by atoms with Crippen LogP contribution >= 0.6 is 0 Å². The van der Waals surface area contributed by atoms with Gasteiger partial charge in [-0.15, -0.1) is 0 Å². The zero-order chi connectivity index (χ0) is 11.0. The number of rotatable bonds is 2. The van der Waals surface area contributed by atoms with Crippen molar-refractivity contribution in [3.05, 3.63) is 18.5 Å². The number of nitrogens with one attached hydrogen (secondary N) is 1. The number of aromatic nitrogens is 1.